The third-order valence-electron chi connectivity index (χ3n) is 12.0. The maximum Gasteiger partial charge on any atom is 0.220 e. The lowest BCUT2D eigenvalue weighted by Gasteiger charge is -2.20. The van der Waals surface area contributed by atoms with E-state index in [0.29, 0.717) is 17.5 Å². The lowest BCUT2D eigenvalue weighted by molar-refractivity contribution is 1.07. The van der Waals surface area contributed by atoms with Crippen molar-refractivity contribution in [2.75, 3.05) is 0 Å². The van der Waals surface area contributed by atoms with Crippen molar-refractivity contribution in [2.24, 2.45) is 0 Å². The minimum Gasteiger partial charge on any atom is -0.277 e. The predicted octanol–water partition coefficient (Wildman–Crippen LogP) is 14.3. The summed E-state index contributed by atoms with van der Waals surface area (Å²) in [4.78, 5) is 20.2. The molecule has 0 saturated carbocycles. The molecule has 9 aromatic carbocycles. The van der Waals surface area contributed by atoms with Crippen molar-refractivity contribution in [2.45, 2.75) is 0 Å². The molecule has 0 saturated heterocycles. The van der Waals surface area contributed by atoms with E-state index in [1.54, 1.807) is 0 Å². The summed E-state index contributed by atoms with van der Waals surface area (Å²) in [7, 11) is 0. The first kappa shape index (κ1) is 37.1. The van der Waals surface area contributed by atoms with Crippen LogP contribution in [0.25, 0.3) is 112 Å². The summed E-state index contributed by atoms with van der Waals surface area (Å²) in [5.41, 5.74) is 17.0. The molecule has 0 bridgehead atoms. The van der Waals surface area contributed by atoms with Crippen LogP contribution in [0.15, 0.2) is 231 Å². The number of para-hydroxylation sites is 2. The third kappa shape index (κ3) is 6.53. The van der Waals surface area contributed by atoms with Gasteiger partial charge in [0.2, 0.25) is 5.78 Å². The van der Waals surface area contributed by atoms with Crippen molar-refractivity contribution >= 4 is 27.8 Å². The number of imidazole rings is 2. The third-order valence-corrected chi connectivity index (χ3v) is 12.0. The van der Waals surface area contributed by atoms with E-state index in [9.17, 15) is 0 Å². The Morgan fingerprint density at radius 2 is 0.656 bits per heavy atom. The largest absolute Gasteiger partial charge is 0.277 e. The highest BCUT2D eigenvalue weighted by molar-refractivity contribution is 5.98. The van der Waals surface area contributed by atoms with E-state index in [1.807, 2.05) is 60.7 Å². The van der Waals surface area contributed by atoms with E-state index in [2.05, 4.69) is 179 Å². The molecule has 0 fully saturated rings. The summed E-state index contributed by atoms with van der Waals surface area (Å²) in [6.07, 6.45) is 0. The predicted molar refractivity (Wildman–Crippen MR) is 261 cm³/mol. The summed E-state index contributed by atoms with van der Waals surface area (Å²) >= 11 is 0. The highest BCUT2D eigenvalue weighted by Crippen LogP contribution is 2.43. The van der Waals surface area contributed by atoms with Gasteiger partial charge in [-0.25, -0.2) is 19.9 Å². The van der Waals surface area contributed by atoms with E-state index < -0.39 is 0 Å². The van der Waals surface area contributed by atoms with Crippen LogP contribution in [0.5, 0.6) is 0 Å². The summed E-state index contributed by atoms with van der Waals surface area (Å²) < 4.78 is 4.68. The second-order valence-corrected chi connectivity index (χ2v) is 15.9. The Morgan fingerprint density at radius 1 is 0.266 bits per heavy atom. The van der Waals surface area contributed by atoms with Crippen molar-refractivity contribution in [1.82, 2.24) is 28.9 Å². The molecule has 0 atom stereocenters. The molecule has 12 rings (SSSR count). The fourth-order valence-electron chi connectivity index (χ4n) is 8.90. The normalized spacial score (nSPS) is 11.4. The smallest absolute Gasteiger partial charge is 0.220 e. The van der Waals surface area contributed by atoms with E-state index in [-0.39, 0.29) is 0 Å². The van der Waals surface area contributed by atoms with Crippen LogP contribution in [0.4, 0.5) is 0 Å². The lowest BCUT2D eigenvalue weighted by atomic mass is 9.90. The average Bonchev–Trinajstić information content (AvgIpc) is 3.91. The van der Waals surface area contributed by atoms with Crippen molar-refractivity contribution in [3.8, 4) is 84.4 Å². The van der Waals surface area contributed by atoms with Gasteiger partial charge in [-0.05, 0) is 69.8 Å². The molecule has 12 aromatic rings. The van der Waals surface area contributed by atoms with Crippen LogP contribution < -0.4 is 0 Å². The number of nitrogens with zero attached hydrogens (tertiary/aromatic N) is 6. The fourth-order valence-corrected chi connectivity index (χ4v) is 8.90. The molecule has 0 radical (unpaired) electrons. The Labute approximate surface area is 370 Å². The van der Waals surface area contributed by atoms with Crippen LogP contribution in [0.2, 0.25) is 0 Å². The van der Waals surface area contributed by atoms with Gasteiger partial charge in [-0.3, -0.25) is 8.97 Å². The number of hydrogen-bond donors (Lipinski definition) is 0. The van der Waals surface area contributed by atoms with Gasteiger partial charge in [0.05, 0.1) is 27.8 Å². The van der Waals surface area contributed by atoms with Gasteiger partial charge < -0.3 is 0 Å². The Morgan fingerprint density at radius 3 is 1.17 bits per heavy atom. The van der Waals surface area contributed by atoms with E-state index in [0.717, 1.165) is 89.2 Å². The summed E-state index contributed by atoms with van der Waals surface area (Å²) in [5.74, 6) is 2.76. The van der Waals surface area contributed by atoms with Crippen LogP contribution in [-0.2, 0) is 0 Å². The van der Waals surface area contributed by atoms with Crippen molar-refractivity contribution in [3.63, 3.8) is 0 Å². The highest BCUT2D eigenvalue weighted by atomic mass is 15.2. The number of benzene rings is 9. The quantitative estimate of drug-likeness (QED) is 0.153. The zero-order chi connectivity index (χ0) is 42.4. The standard InChI is InChI=1S/C58H38N6/c1-6-18-39(19-7-1)47-36-48(41-20-8-2-9-21-41)54(49(37-47)42-22-10-3-11-23-42)64-52-29-17-16-28-51(52)63-53-38-46(34-35-50(53)59-58(63)64)40-30-32-45(33-31-40)57-61-55(43-24-12-4-13-25-43)60-56(62-57)44-26-14-5-15-27-44/h1-38H. The molecule has 3 aromatic heterocycles. The van der Waals surface area contributed by atoms with Crippen LogP contribution in [0.1, 0.15) is 0 Å². The molecular formula is C58H38N6. The molecule has 0 aliphatic carbocycles. The van der Waals surface area contributed by atoms with Gasteiger partial charge >= 0.3 is 0 Å². The zero-order valence-corrected chi connectivity index (χ0v) is 34.6. The van der Waals surface area contributed by atoms with E-state index in [4.69, 9.17) is 19.9 Å². The van der Waals surface area contributed by atoms with Crippen molar-refractivity contribution < 1.29 is 0 Å². The number of aromatic nitrogens is 6. The highest BCUT2D eigenvalue weighted by Gasteiger charge is 2.24. The van der Waals surface area contributed by atoms with Crippen molar-refractivity contribution in [1.29, 1.82) is 0 Å². The number of rotatable bonds is 8. The van der Waals surface area contributed by atoms with Gasteiger partial charge in [-0.15, -0.1) is 0 Å². The molecule has 0 unspecified atom stereocenters. The monoisotopic (exact) mass is 818 g/mol. The zero-order valence-electron chi connectivity index (χ0n) is 34.6. The molecule has 64 heavy (non-hydrogen) atoms. The SMILES string of the molecule is c1ccc(-c2cc(-c3ccccc3)c(-n3c4ccccc4n4c5cc(-c6ccc(-c7nc(-c8ccccc8)nc(-c8ccccc8)n7)cc6)ccc5nc34)c(-c3ccccc3)c2)cc1. The maximum atomic E-state index is 5.44. The van der Waals surface area contributed by atoms with E-state index >= 15 is 0 Å². The average molecular weight is 819 g/mol. The first-order valence-corrected chi connectivity index (χ1v) is 21.5. The van der Waals surface area contributed by atoms with Gasteiger partial charge in [0, 0.05) is 27.8 Å². The van der Waals surface area contributed by atoms with Crippen LogP contribution in [-0.4, -0.2) is 28.9 Å². The van der Waals surface area contributed by atoms with Gasteiger partial charge in [0.15, 0.2) is 17.5 Å². The van der Waals surface area contributed by atoms with Crippen LogP contribution in [0.3, 0.4) is 0 Å². The Bertz CT molecular complexity index is 3500. The second-order valence-electron chi connectivity index (χ2n) is 15.9. The second kappa shape index (κ2) is 15.6. The first-order valence-electron chi connectivity index (χ1n) is 21.5. The minimum absolute atomic E-state index is 0.626. The van der Waals surface area contributed by atoms with Crippen molar-refractivity contribution in [3.05, 3.63) is 231 Å². The first-order chi connectivity index (χ1) is 31.7. The molecule has 0 amide bonds. The molecule has 0 aliphatic rings. The Hall–Kier alpha value is -8.74. The Balaban J connectivity index is 1.02. The topological polar surface area (TPSA) is 60.9 Å². The van der Waals surface area contributed by atoms with E-state index in [1.165, 1.54) is 5.56 Å². The molecule has 0 aliphatic heterocycles. The summed E-state index contributed by atoms with van der Waals surface area (Å²) in [5, 5.41) is 0. The minimum atomic E-state index is 0.626. The van der Waals surface area contributed by atoms with Gasteiger partial charge in [-0.2, -0.15) is 0 Å². The molecule has 0 N–H and O–H groups in total. The number of fused-ring (bicyclic) bond motifs is 5. The molecule has 300 valence electrons. The van der Waals surface area contributed by atoms with Gasteiger partial charge in [0.25, 0.3) is 0 Å². The fraction of sp³-hybridized carbons (Fsp3) is 0. The molecule has 6 heteroatoms. The lowest BCUT2D eigenvalue weighted by Crippen LogP contribution is -2.02. The molecule has 3 heterocycles. The van der Waals surface area contributed by atoms with Crippen LogP contribution >= 0.6 is 0 Å². The Kier molecular flexibility index (Phi) is 9.05. The van der Waals surface area contributed by atoms with Crippen LogP contribution in [0, 0.1) is 0 Å². The van der Waals surface area contributed by atoms with Gasteiger partial charge in [0.1, 0.15) is 0 Å². The van der Waals surface area contributed by atoms with Gasteiger partial charge in [-0.1, -0.05) is 194 Å². The molecular weight excluding hydrogens is 781 g/mol. The summed E-state index contributed by atoms with van der Waals surface area (Å²) in [6, 6.07) is 80.6. The summed E-state index contributed by atoms with van der Waals surface area (Å²) in [6.45, 7) is 0. The number of hydrogen-bond acceptors (Lipinski definition) is 4. The molecule has 6 nitrogen and oxygen atoms in total. The maximum absolute atomic E-state index is 5.44. The molecule has 0 spiro atoms.